The molecule has 4 N–H and O–H groups in total. The van der Waals surface area contributed by atoms with Crippen LogP contribution in [0.3, 0.4) is 0 Å². The van der Waals surface area contributed by atoms with Crippen molar-refractivity contribution in [2.75, 3.05) is 19.8 Å². The van der Waals surface area contributed by atoms with Gasteiger partial charge in [-0.25, -0.2) is 4.79 Å². The molecule has 11 heteroatoms. The first-order valence-corrected chi connectivity index (χ1v) is 14.0. The van der Waals surface area contributed by atoms with Crippen LogP contribution < -0.4 is 15.9 Å². The van der Waals surface area contributed by atoms with Crippen LogP contribution in [0.1, 0.15) is 51.0 Å². The van der Waals surface area contributed by atoms with Crippen molar-refractivity contribution in [1.29, 1.82) is 0 Å². The third kappa shape index (κ3) is 8.92. The second kappa shape index (κ2) is 15.4. The molecule has 0 aliphatic rings. The number of aromatic amines is 1. The van der Waals surface area contributed by atoms with Gasteiger partial charge in [0.2, 0.25) is 11.8 Å². The van der Waals surface area contributed by atoms with Crippen LogP contribution in [0.15, 0.2) is 54.6 Å². The minimum absolute atomic E-state index is 0.0610. The fourth-order valence-electron chi connectivity index (χ4n) is 4.27. The van der Waals surface area contributed by atoms with Crippen LogP contribution in [0, 0.1) is 5.92 Å². The number of aromatic nitrogens is 1. The number of amides is 3. The lowest BCUT2D eigenvalue weighted by atomic mass is 10.0. The van der Waals surface area contributed by atoms with Gasteiger partial charge in [-0.15, -0.1) is 0 Å². The topological polar surface area (TPSA) is 156 Å². The smallest absolute Gasteiger partial charge is 0.328 e. The highest BCUT2D eigenvalue weighted by atomic mass is 16.5. The number of ether oxygens (including phenoxy) is 2. The molecule has 0 saturated carbocycles. The predicted molar refractivity (Wildman–Crippen MR) is 157 cm³/mol. The Labute approximate surface area is 246 Å². The monoisotopic (exact) mass is 579 g/mol. The molecule has 11 nitrogen and oxygen atoms in total. The SMILES string of the molecule is [2H]N(C(=O)CNC(=O)c1cc2ccc(-c3ccccc3)cc2[nH]1)[C@H](C(=O)N[C@@H](CCC(=O)OCC)C(=O)OCC)C(C)C. The second-order valence-corrected chi connectivity index (χ2v) is 9.90. The average Bonchev–Trinajstić information content (AvgIpc) is 3.42. The van der Waals surface area contributed by atoms with Crippen LogP contribution in [-0.4, -0.2) is 66.5 Å². The van der Waals surface area contributed by atoms with E-state index in [0.29, 0.717) is 5.31 Å². The van der Waals surface area contributed by atoms with E-state index < -0.39 is 54.2 Å². The molecule has 224 valence electrons. The zero-order valence-corrected chi connectivity index (χ0v) is 24.3. The lowest BCUT2D eigenvalue weighted by molar-refractivity contribution is -0.149. The second-order valence-electron chi connectivity index (χ2n) is 9.90. The molecule has 0 radical (unpaired) electrons. The number of fused-ring (bicyclic) bond motifs is 1. The van der Waals surface area contributed by atoms with E-state index in [1.807, 2.05) is 48.5 Å². The van der Waals surface area contributed by atoms with E-state index in [4.69, 9.17) is 10.9 Å². The van der Waals surface area contributed by atoms with E-state index in [2.05, 4.69) is 15.6 Å². The summed E-state index contributed by atoms with van der Waals surface area (Å²) in [5.74, 6) is -3.94. The van der Waals surface area contributed by atoms with Gasteiger partial charge in [0.1, 0.15) is 17.8 Å². The Hall–Kier alpha value is -4.67. The fourth-order valence-corrected chi connectivity index (χ4v) is 4.27. The molecule has 1 heterocycles. The highest BCUT2D eigenvalue weighted by Gasteiger charge is 2.30. The molecule has 42 heavy (non-hydrogen) atoms. The number of hydrogen-bond donors (Lipinski definition) is 4. The van der Waals surface area contributed by atoms with E-state index in [0.717, 1.165) is 22.0 Å². The maximum Gasteiger partial charge on any atom is 0.328 e. The van der Waals surface area contributed by atoms with Crippen LogP contribution in [0.5, 0.6) is 0 Å². The average molecular weight is 580 g/mol. The lowest BCUT2D eigenvalue weighted by Gasteiger charge is -2.24. The Bertz CT molecular complexity index is 1440. The van der Waals surface area contributed by atoms with Crippen molar-refractivity contribution < 1.29 is 34.9 Å². The highest BCUT2D eigenvalue weighted by molar-refractivity contribution is 6.00. The van der Waals surface area contributed by atoms with Crippen LogP contribution in [-0.2, 0) is 28.7 Å². The number of carbonyl (C=O) groups excluding carboxylic acids is 5. The molecule has 2 atom stereocenters. The van der Waals surface area contributed by atoms with E-state index in [1.54, 1.807) is 33.8 Å². The Morgan fingerprint density at radius 1 is 0.929 bits per heavy atom. The maximum atomic E-state index is 13.2. The van der Waals surface area contributed by atoms with Crippen molar-refractivity contribution in [3.63, 3.8) is 0 Å². The fraction of sp³-hybridized carbons (Fsp3) is 0.387. The summed E-state index contributed by atoms with van der Waals surface area (Å²) in [4.78, 5) is 66.2. The van der Waals surface area contributed by atoms with Gasteiger partial charge in [0.05, 0.1) is 19.8 Å². The van der Waals surface area contributed by atoms with Gasteiger partial charge in [-0.3, -0.25) is 19.2 Å². The van der Waals surface area contributed by atoms with Crippen molar-refractivity contribution in [2.24, 2.45) is 5.92 Å². The molecule has 0 spiro atoms. The summed E-state index contributed by atoms with van der Waals surface area (Å²) in [5.41, 5.74) is 2.99. The van der Waals surface area contributed by atoms with Crippen molar-refractivity contribution in [3.8, 4) is 11.1 Å². The van der Waals surface area contributed by atoms with Gasteiger partial charge >= 0.3 is 11.9 Å². The van der Waals surface area contributed by atoms with Crippen molar-refractivity contribution in [2.45, 2.75) is 52.6 Å². The summed E-state index contributed by atoms with van der Waals surface area (Å²) in [7, 11) is 0. The molecule has 0 unspecified atom stereocenters. The Kier molecular flexibility index (Phi) is 11.1. The first-order valence-electron chi connectivity index (χ1n) is 14.4. The van der Waals surface area contributed by atoms with Crippen LogP contribution in [0.4, 0.5) is 0 Å². The molecule has 0 fully saturated rings. The number of hydrogen-bond acceptors (Lipinski definition) is 7. The molecule has 0 saturated heterocycles. The van der Waals surface area contributed by atoms with Gasteiger partial charge in [0.15, 0.2) is 1.41 Å². The summed E-state index contributed by atoms with van der Waals surface area (Å²) >= 11 is 0. The van der Waals surface area contributed by atoms with Gasteiger partial charge in [-0.05, 0) is 49.4 Å². The zero-order chi connectivity index (χ0) is 31.5. The predicted octanol–water partition coefficient (Wildman–Crippen LogP) is 3.10. The summed E-state index contributed by atoms with van der Waals surface area (Å²) in [6.45, 7) is 6.24. The molecular weight excluding hydrogens is 540 g/mol. The molecule has 0 bridgehead atoms. The number of nitrogens with one attached hydrogen (secondary N) is 4. The minimum Gasteiger partial charge on any atom is -0.466 e. The molecular formula is C31H38N4O7. The van der Waals surface area contributed by atoms with E-state index in [1.165, 1.54) is 0 Å². The van der Waals surface area contributed by atoms with Gasteiger partial charge in [-0.1, -0.05) is 56.3 Å². The van der Waals surface area contributed by atoms with Crippen molar-refractivity contribution in [1.82, 2.24) is 20.9 Å². The van der Waals surface area contributed by atoms with Crippen LogP contribution in [0.2, 0.25) is 1.41 Å². The van der Waals surface area contributed by atoms with Gasteiger partial charge in [-0.2, -0.15) is 0 Å². The standard InChI is InChI=1S/C31H38N4O7/c1-5-41-27(37)15-14-23(31(40)42-6-2)34-30(39)28(19(3)4)35-26(36)18-32-29(38)25-17-22-13-12-21(16-24(22)33-25)20-10-8-7-9-11-20/h7-13,16-17,19,23,28,33H,5-6,14-15,18H2,1-4H3,(H,32,38)(H,34,39)(H,35,36)/t23-,28-/m0/s1/i/hD. The highest BCUT2D eigenvalue weighted by Crippen LogP contribution is 2.24. The summed E-state index contributed by atoms with van der Waals surface area (Å²) in [6, 6.07) is 14.8. The number of esters is 2. The van der Waals surface area contributed by atoms with Gasteiger partial charge < -0.3 is 30.4 Å². The molecule has 1 aromatic heterocycles. The molecule has 0 aliphatic carbocycles. The molecule has 0 aliphatic heterocycles. The molecule has 3 aromatic rings. The van der Waals surface area contributed by atoms with E-state index in [-0.39, 0.29) is 31.7 Å². The quantitative estimate of drug-likeness (QED) is 0.214. The molecule has 3 rings (SSSR count). The van der Waals surface area contributed by atoms with E-state index >= 15 is 0 Å². The lowest BCUT2D eigenvalue weighted by Crippen LogP contribution is -2.55. The Morgan fingerprint density at radius 2 is 1.64 bits per heavy atom. The third-order valence-electron chi connectivity index (χ3n) is 6.39. The third-order valence-corrected chi connectivity index (χ3v) is 6.39. The minimum atomic E-state index is -1.28. The molecule has 3 amide bonds. The Morgan fingerprint density at radius 3 is 2.31 bits per heavy atom. The zero-order valence-electron chi connectivity index (χ0n) is 25.3. The summed E-state index contributed by atoms with van der Waals surface area (Å²) < 4.78 is 18.3. The van der Waals surface area contributed by atoms with Crippen LogP contribution >= 0.6 is 0 Å². The number of rotatable bonds is 14. The van der Waals surface area contributed by atoms with Gasteiger partial charge in [0, 0.05) is 17.3 Å². The van der Waals surface area contributed by atoms with Crippen LogP contribution in [0.25, 0.3) is 22.0 Å². The van der Waals surface area contributed by atoms with Crippen molar-refractivity contribution in [3.05, 3.63) is 60.3 Å². The summed E-state index contributed by atoms with van der Waals surface area (Å²) in [5, 5.41) is 6.32. The normalized spacial score (nSPS) is 12.6. The number of carbonyl (C=O) groups is 5. The van der Waals surface area contributed by atoms with Gasteiger partial charge in [0.25, 0.3) is 5.91 Å². The molecule has 2 aromatic carbocycles. The first kappa shape index (κ1) is 30.3. The first-order chi connectivity index (χ1) is 20.5. The number of benzene rings is 2. The van der Waals surface area contributed by atoms with Crippen molar-refractivity contribution >= 4 is 40.6 Å². The largest absolute Gasteiger partial charge is 0.466 e. The number of H-pyrrole nitrogens is 1. The van der Waals surface area contributed by atoms with E-state index in [9.17, 15) is 24.0 Å². The Balaban J connectivity index is 1.64. The maximum absolute atomic E-state index is 13.2. The summed E-state index contributed by atoms with van der Waals surface area (Å²) in [6.07, 6.45) is -0.214.